The lowest BCUT2D eigenvalue weighted by Crippen LogP contribution is -1.97. The van der Waals surface area contributed by atoms with Gasteiger partial charge in [0.1, 0.15) is 24.7 Å². The van der Waals surface area contributed by atoms with Gasteiger partial charge in [0.25, 0.3) is 0 Å². The quantitative estimate of drug-likeness (QED) is 0.752. The monoisotopic (exact) mass is 239 g/mol. The van der Waals surface area contributed by atoms with Crippen molar-refractivity contribution in [3.8, 4) is 23.8 Å². The molecule has 0 unspecified atom stereocenters. The highest BCUT2D eigenvalue weighted by atomic mass is 16.5. The summed E-state index contributed by atoms with van der Waals surface area (Å²) in [6.45, 7) is 0.759. The van der Waals surface area contributed by atoms with E-state index in [-0.39, 0.29) is 6.61 Å². The summed E-state index contributed by atoms with van der Waals surface area (Å²) in [5, 5.41) is 0. The first-order chi connectivity index (χ1) is 8.88. The lowest BCUT2D eigenvalue weighted by atomic mass is 10.3. The molecule has 0 radical (unpaired) electrons. The van der Waals surface area contributed by atoms with Crippen LogP contribution in [0.4, 0.5) is 0 Å². The van der Waals surface area contributed by atoms with Crippen LogP contribution in [-0.4, -0.2) is 11.6 Å². The van der Waals surface area contributed by atoms with Gasteiger partial charge in [0.15, 0.2) is 0 Å². The number of nitrogens with zero attached hydrogens (tertiary/aromatic N) is 1. The molecule has 0 fully saturated rings. The molecule has 0 aliphatic heterocycles. The molecule has 0 N–H and O–H groups in total. The van der Waals surface area contributed by atoms with E-state index in [2.05, 4.69) is 10.9 Å². The van der Waals surface area contributed by atoms with Crippen molar-refractivity contribution in [2.24, 2.45) is 0 Å². The van der Waals surface area contributed by atoms with Crippen LogP contribution in [0.2, 0.25) is 0 Å². The number of terminal acetylenes is 1. The molecule has 0 saturated heterocycles. The maximum atomic E-state index is 5.65. The Morgan fingerprint density at radius 2 is 1.78 bits per heavy atom. The third kappa shape index (κ3) is 3.53. The molecule has 0 aliphatic rings. The molecule has 2 aromatic rings. The van der Waals surface area contributed by atoms with Gasteiger partial charge in [-0.2, -0.15) is 0 Å². The predicted octanol–water partition coefficient (Wildman–Crippen LogP) is 2.67. The minimum atomic E-state index is 0.258. The number of rotatable bonds is 5. The van der Waals surface area contributed by atoms with Crippen molar-refractivity contribution in [3.05, 3.63) is 54.4 Å². The standard InChI is InChI=1S/C15H13NO2/c1-2-10-17-14-4-3-5-15(11-14)18-12-13-6-8-16-9-7-13/h1,3-9,11H,10,12H2. The second-order valence-electron chi connectivity index (χ2n) is 3.61. The first-order valence-corrected chi connectivity index (χ1v) is 5.56. The van der Waals surface area contributed by atoms with Gasteiger partial charge < -0.3 is 9.47 Å². The van der Waals surface area contributed by atoms with E-state index in [4.69, 9.17) is 15.9 Å². The summed E-state index contributed by atoms with van der Waals surface area (Å²) in [4.78, 5) is 3.95. The zero-order valence-electron chi connectivity index (χ0n) is 9.87. The summed E-state index contributed by atoms with van der Waals surface area (Å²) in [5.41, 5.74) is 1.07. The molecule has 18 heavy (non-hydrogen) atoms. The van der Waals surface area contributed by atoms with Crippen LogP contribution in [0.25, 0.3) is 0 Å². The molecule has 0 aliphatic carbocycles. The van der Waals surface area contributed by atoms with E-state index in [1.54, 1.807) is 12.4 Å². The highest BCUT2D eigenvalue weighted by Crippen LogP contribution is 2.20. The van der Waals surface area contributed by atoms with Crippen molar-refractivity contribution >= 4 is 0 Å². The average Bonchev–Trinajstić information content (AvgIpc) is 2.44. The molecular formula is C15H13NO2. The summed E-state index contributed by atoms with van der Waals surface area (Å²) < 4.78 is 11.0. The molecule has 0 atom stereocenters. The van der Waals surface area contributed by atoms with Crippen LogP contribution in [0.5, 0.6) is 11.5 Å². The molecule has 1 aromatic heterocycles. The van der Waals surface area contributed by atoms with Gasteiger partial charge in [-0.1, -0.05) is 12.0 Å². The first kappa shape index (κ1) is 12.0. The number of benzene rings is 1. The van der Waals surface area contributed by atoms with Gasteiger partial charge in [-0.3, -0.25) is 4.98 Å². The van der Waals surface area contributed by atoms with Gasteiger partial charge in [-0.25, -0.2) is 0 Å². The molecule has 2 rings (SSSR count). The number of hydrogen-bond donors (Lipinski definition) is 0. The van der Waals surface area contributed by atoms with Crippen LogP contribution < -0.4 is 9.47 Å². The Kier molecular flexibility index (Phi) is 4.21. The van der Waals surface area contributed by atoms with Crippen LogP contribution in [-0.2, 0) is 6.61 Å². The van der Waals surface area contributed by atoms with E-state index in [0.29, 0.717) is 12.4 Å². The molecule has 1 aromatic carbocycles. The Morgan fingerprint density at radius 1 is 1.06 bits per heavy atom. The molecular weight excluding hydrogens is 226 g/mol. The van der Waals surface area contributed by atoms with Crippen molar-refractivity contribution in [1.82, 2.24) is 4.98 Å². The van der Waals surface area contributed by atoms with Crippen molar-refractivity contribution in [2.75, 3.05) is 6.61 Å². The minimum Gasteiger partial charge on any atom is -0.489 e. The van der Waals surface area contributed by atoms with Crippen LogP contribution >= 0.6 is 0 Å². The van der Waals surface area contributed by atoms with Gasteiger partial charge >= 0.3 is 0 Å². The molecule has 0 saturated carbocycles. The fourth-order valence-electron chi connectivity index (χ4n) is 1.42. The fraction of sp³-hybridized carbons (Fsp3) is 0.133. The summed E-state index contributed by atoms with van der Waals surface area (Å²) >= 11 is 0. The van der Waals surface area contributed by atoms with Crippen LogP contribution in [0.15, 0.2) is 48.8 Å². The molecule has 1 heterocycles. The zero-order chi connectivity index (χ0) is 12.6. The van der Waals surface area contributed by atoms with E-state index in [1.165, 1.54) is 0 Å². The lowest BCUT2D eigenvalue weighted by Gasteiger charge is -2.08. The fourth-order valence-corrected chi connectivity index (χ4v) is 1.42. The largest absolute Gasteiger partial charge is 0.489 e. The molecule has 0 bridgehead atoms. The van der Waals surface area contributed by atoms with Crippen LogP contribution in [0, 0.1) is 12.3 Å². The van der Waals surface area contributed by atoms with Gasteiger partial charge in [-0.15, -0.1) is 6.42 Å². The Bertz CT molecular complexity index is 532. The van der Waals surface area contributed by atoms with Crippen molar-refractivity contribution in [2.45, 2.75) is 6.61 Å². The number of ether oxygens (including phenoxy) is 2. The highest BCUT2D eigenvalue weighted by molar-refractivity contribution is 5.33. The second kappa shape index (κ2) is 6.31. The van der Waals surface area contributed by atoms with E-state index >= 15 is 0 Å². The third-order valence-corrected chi connectivity index (χ3v) is 2.28. The van der Waals surface area contributed by atoms with Gasteiger partial charge in [0.2, 0.25) is 0 Å². The number of aromatic nitrogens is 1. The maximum absolute atomic E-state index is 5.65. The normalized spacial score (nSPS) is 9.50. The first-order valence-electron chi connectivity index (χ1n) is 5.56. The van der Waals surface area contributed by atoms with Gasteiger partial charge in [-0.05, 0) is 29.8 Å². The Hall–Kier alpha value is -2.47. The summed E-state index contributed by atoms with van der Waals surface area (Å²) in [6.07, 6.45) is 8.62. The van der Waals surface area contributed by atoms with Crippen LogP contribution in [0.3, 0.4) is 0 Å². The number of pyridine rings is 1. The summed E-state index contributed by atoms with van der Waals surface area (Å²) in [7, 11) is 0. The SMILES string of the molecule is C#CCOc1cccc(OCc2ccncc2)c1. The molecule has 90 valence electrons. The smallest absolute Gasteiger partial charge is 0.148 e. The Balaban J connectivity index is 1.95. The van der Waals surface area contributed by atoms with Gasteiger partial charge in [0, 0.05) is 18.5 Å². The number of hydrogen-bond acceptors (Lipinski definition) is 3. The van der Waals surface area contributed by atoms with Crippen molar-refractivity contribution in [1.29, 1.82) is 0 Å². The molecule has 0 spiro atoms. The Labute approximate surface area is 106 Å². The van der Waals surface area contributed by atoms with Crippen LogP contribution in [0.1, 0.15) is 5.56 Å². The van der Waals surface area contributed by atoms with E-state index in [1.807, 2.05) is 36.4 Å². The molecule has 0 amide bonds. The summed E-state index contributed by atoms with van der Waals surface area (Å²) in [6, 6.07) is 11.2. The Morgan fingerprint density at radius 3 is 2.50 bits per heavy atom. The topological polar surface area (TPSA) is 31.4 Å². The second-order valence-corrected chi connectivity index (χ2v) is 3.61. The van der Waals surface area contributed by atoms with E-state index in [0.717, 1.165) is 11.3 Å². The third-order valence-electron chi connectivity index (χ3n) is 2.28. The average molecular weight is 239 g/mol. The minimum absolute atomic E-state index is 0.258. The molecule has 3 heteroatoms. The van der Waals surface area contributed by atoms with Crippen molar-refractivity contribution in [3.63, 3.8) is 0 Å². The summed E-state index contributed by atoms with van der Waals surface area (Å²) in [5.74, 6) is 3.88. The van der Waals surface area contributed by atoms with E-state index < -0.39 is 0 Å². The lowest BCUT2D eigenvalue weighted by molar-refractivity contribution is 0.302. The zero-order valence-corrected chi connectivity index (χ0v) is 9.87. The highest BCUT2D eigenvalue weighted by Gasteiger charge is 1.98. The van der Waals surface area contributed by atoms with Gasteiger partial charge in [0.05, 0.1) is 0 Å². The predicted molar refractivity (Wildman–Crippen MR) is 69.3 cm³/mol. The van der Waals surface area contributed by atoms with E-state index in [9.17, 15) is 0 Å². The molecule has 3 nitrogen and oxygen atoms in total. The van der Waals surface area contributed by atoms with Crippen molar-refractivity contribution < 1.29 is 9.47 Å². The maximum Gasteiger partial charge on any atom is 0.148 e.